The molecule has 0 atom stereocenters. The maximum Gasteiger partial charge on any atom is 0.259 e. The van der Waals surface area contributed by atoms with Crippen molar-refractivity contribution in [2.75, 3.05) is 12.4 Å². The van der Waals surface area contributed by atoms with E-state index >= 15 is 0 Å². The number of carbonyl (C=O) groups excluding carboxylic acids is 1. The summed E-state index contributed by atoms with van der Waals surface area (Å²) in [6.07, 6.45) is 3.03. The van der Waals surface area contributed by atoms with Gasteiger partial charge in [0.15, 0.2) is 0 Å². The molecule has 1 aromatic heterocycles. The molecular weight excluding hydrogens is 344 g/mol. The highest BCUT2D eigenvalue weighted by Crippen LogP contribution is 2.30. The summed E-state index contributed by atoms with van der Waals surface area (Å²) < 4.78 is 5.88. The van der Waals surface area contributed by atoms with E-state index in [4.69, 9.17) is 16.3 Å². The minimum atomic E-state index is -0.287. The average molecular weight is 356 g/mol. The van der Waals surface area contributed by atoms with Gasteiger partial charge in [0.05, 0.1) is 24.6 Å². The van der Waals surface area contributed by atoms with Gasteiger partial charge in [0, 0.05) is 15.7 Å². The van der Waals surface area contributed by atoms with Crippen LogP contribution in [0.1, 0.15) is 15.9 Å². The van der Waals surface area contributed by atoms with Gasteiger partial charge >= 0.3 is 0 Å². The fourth-order valence-corrected chi connectivity index (χ4v) is 2.38. The van der Waals surface area contributed by atoms with E-state index in [0.717, 1.165) is 10.0 Å². The minimum absolute atomic E-state index is 0.287. The first-order valence-electron chi connectivity index (χ1n) is 5.78. The first-order valence-corrected chi connectivity index (χ1v) is 6.95. The maximum atomic E-state index is 12.3. The number of amides is 1. The summed E-state index contributed by atoms with van der Waals surface area (Å²) in [6, 6.07) is 5.14. The van der Waals surface area contributed by atoms with Gasteiger partial charge in [0.25, 0.3) is 5.91 Å². The van der Waals surface area contributed by atoms with Crippen molar-refractivity contribution in [2.45, 2.75) is 6.92 Å². The molecule has 0 aliphatic carbocycles. The minimum Gasteiger partial charge on any atom is -0.494 e. The fourth-order valence-electron chi connectivity index (χ4n) is 1.66. The number of pyridine rings is 1. The van der Waals surface area contributed by atoms with Crippen molar-refractivity contribution in [3.8, 4) is 5.75 Å². The van der Waals surface area contributed by atoms with Gasteiger partial charge in [-0.2, -0.15) is 0 Å². The van der Waals surface area contributed by atoms with Crippen LogP contribution >= 0.6 is 27.5 Å². The lowest BCUT2D eigenvalue weighted by Gasteiger charge is -2.11. The molecule has 2 aromatic rings. The Morgan fingerprint density at radius 2 is 2.20 bits per heavy atom. The molecule has 0 fully saturated rings. The molecular formula is C14H12BrClN2O2. The number of aryl methyl sites for hydroxylation is 1. The molecule has 4 nitrogen and oxygen atoms in total. The third-order valence-electron chi connectivity index (χ3n) is 2.75. The van der Waals surface area contributed by atoms with Crippen molar-refractivity contribution in [2.24, 2.45) is 0 Å². The Bertz CT molecular complexity index is 662. The lowest BCUT2D eigenvalue weighted by molar-refractivity contribution is 0.102. The molecule has 104 valence electrons. The molecule has 0 saturated carbocycles. The van der Waals surface area contributed by atoms with E-state index in [2.05, 4.69) is 26.2 Å². The fraction of sp³-hybridized carbons (Fsp3) is 0.143. The van der Waals surface area contributed by atoms with Gasteiger partial charge < -0.3 is 10.1 Å². The van der Waals surface area contributed by atoms with Crippen LogP contribution in [0.2, 0.25) is 5.02 Å². The number of carbonyl (C=O) groups is 1. The Labute approximate surface area is 130 Å². The second kappa shape index (κ2) is 6.24. The van der Waals surface area contributed by atoms with Gasteiger partial charge in [0.1, 0.15) is 5.75 Å². The van der Waals surface area contributed by atoms with Crippen LogP contribution < -0.4 is 10.1 Å². The molecule has 2 rings (SSSR count). The van der Waals surface area contributed by atoms with Gasteiger partial charge in [0.2, 0.25) is 0 Å². The summed E-state index contributed by atoms with van der Waals surface area (Å²) in [5.41, 5.74) is 1.94. The highest BCUT2D eigenvalue weighted by Gasteiger charge is 2.14. The van der Waals surface area contributed by atoms with E-state index in [0.29, 0.717) is 22.0 Å². The third-order valence-corrected chi connectivity index (χ3v) is 3.81. The van der Waals surface area contributed by atoms with Crippen molar-refractivity contribution < 1.29 is 9.53 Å². The number of nitrogens with zero attached hydrogens (tertiary/aromatic N) is 1. The Hall–Kier alpha value is -1.59. The average Bonchev–Trinajstić information content (AvgIpc) is 2.44. The van der Waals surface area contributed by atoms with E-state index in [1.807, 2.05) is 13.0 Å². The van der Waals surface area contributed by atoms with Crippen molar-refractivity contribution in [1.82, 2.24) is 4.98 Å². The molecule has 20 heavy (non-hydrogen) atoms. The Kier molecular flexibility index (Phi) is 4.62. The topological polar surface area (TPSA) is 51.2 Å². The summed E-state index contributed by atoms with van der Waals surface area (Å²) >= 11 is 9.47. The molecule has 1 N–H and O–H groups in total. The van der Waals surface area contributed by atoms with Crippen molar-refractivity contribution in [3.63, 3.8) is 0 Å². The SMILES string of the molecule is COc1cnccc1C(=O)Nc1cc(Cl)c(C)cc1Br. The van der Waals surface area contributed by atoms with Gasteiger partial charge in [-0.3, -0.25) is 9.78 Å². The van der Waals surface area contributed by atoms with E-state index < -0.39 is 0 Å². The molecule has 0 aliphatic rings. The Morgan fingerprint density at radius 3 is 2.90 bits per heavy atom. The summed E-state index contributed by atoms with van der Waals surface area (Å²) in [7, 11) is 1.49. The van der Waals surface area contributed by atoms with E-state index in [1.54, 1.807) is 12.1 Å². The zero-order valence-corrected chi connectivity index (χ0v) is 13.2. The van der Waals surface area contributed by atoms with E-state index in [9.17, 15) is 4.79 Å². The van der Waals surface area contributed by atoms with Gasteiger partial charge in [-0.1, -0.05) is 11.6 Å². The number of halogens is 2. The Morgan fingerprint density at radius 1 is 1.45 bits per heavy atom. The van der Waals surface area contributed by atoms with Crippen molar-refractivity contribution in [1.29, 1.82) is 0 Å². The Balaban J connectivity index is 2.30. The van der Waals surface area contributed by atoms with Crippen LogP contribution in [-0.4, -0.2) is 18.0 Å². The first kappa shape index (κ1) is 14.8. The second-order valence-corrected chi connectivity index (χ2v) is 5.37. The van der Waals surface area contributed by atoms with E-state index in [1.165, 1.54) is 19.5 Å². The van der Waals surface area contributed by atoms with Crippen LogP contribution in [0.15, 0.2) is 35.1 Å². The number of benzene rings is 1. The molecule has 1 amide bonds. The number of methoxy groups -OCH3 is 1. The van der Waals surface area contributed by atoms with Gasteiger partial charge in [-0.25, -0.2) is 0 Å². The number of ether oxygens (including phenoxy) is 1. The third kappa shape index (κ3) is 3.11. The molecule has 0 radical (unpaired) electrons. The molecule has 6 heteroatoms. The standard InChI is InChI=1S/C14H12BrClN2O2/c1-8-5-10(15)12(6-11(8)16)18-14(19)9-3-4-17-7-13(9)20-2/h3-7H,1-2H3,(H,18,19). The smallest absolute Gasteiger partial charge is 0.259 e. The number of rotatable bonds is 3. The normalized spacial score (nSPS) is 10.2. The number of hydrogen-bond acceptors (Lipinski definition) is 3. The summed E-state index contributed by atoms with van der Waals surface area (Å²) in [4.78, 5) is 16.2. The molecule has 0 unspecified atom stereocenters. The molecule has 1 heterocycles. The van der Waals surface area contributed by atoms with Crippen LogP contribution in [0, 0.1) is 6.92 Å². The van der Waals surface area contributed by atoms with Crippen LogP contribution in [0.4, 0.5) is 5.69 Å². The molecule has 0 saturated heterocycles. The monoisotopic (exact) mass is 354 g/mol. The van der Waals surface area contributed by atoms with Crippen molar-refractivity contribution in [3.05, 3.63) is 51.2 Å². The number of hydrogen-bond donors (Lipinski definition) is 1. The molecule has 0 spiro atoms. The zero-order chi connectivity index (χ0) is 14.7. The number of aromatic nitrogens is 1. The van der Waals surface area contributed by atoms with E-state index in [-0.39, 0.29) is 5.91 Å². The van der Waals surface area contributed by atoms with Crippen LogP contribution in [-0.2, 0) is 0 Å². The molecule has 0 bridgehead atoms. The number of nitrogens with one attached hydrogen (secondary N) is 1. The zero-order valence-electron chi connectivity index (χ0n) is 10.9. The van der Waals surface area contributed by atoms with Gasteiger partial charge in [-0.05, 0) is 46.6 Å². The maximum absolute atomic E-state index is 12.3. The van der Waals surface area contributed by atoms with Crippen LogP contribution in [0.3, 0.4) is 0 Å². The second-order valence-electron chi connectivity index (χ2n) is 4.11. The lowest BCUT2D eigenvalue weighted by atomic mass is 10.2. The van der Waals surface area contributed by atoms with Crippen LogP contribution in [0.25, 0.3) is 0 Å². The molecule has 1 aromatic carbocycles. The largest absolute Gasteiger partial charge is 0.494 e. The quantitative estimate of drug-likeness (QED) is 0.903. The first-order chi connectivity index (χ1) is 9.52. The summed E-state index contributed by atoms with van der Waals surface area (Å²) in [5, 5.41) is 3.38. The highest BCUT2D eigenvalue weighted by molar-refractivity contribution is 9.10. The van der Waals surface area contributed by atoms with Crippen molar-refractivity contribution >= 4 is 39.1 Å². The van der Waals surface area contributed by atoms with Gasteiger partial charge in [-0.15, -0.1) is 0 Å². The highest BCUT2D eigenvalue weighted by atomic mass is 79.9. The summed E-state index contributed by atoms with van der Waals surface area (Å²) in [6.45, 7) is 1.89. The number of anilines is 1. The predicted octanol–water partition coefficient (Wildman–Crippen LogP) is 4.07. The molecule has 0 aliphatic heterocycles. The summed E-state index contributed by atoms with van der Waals surface area (Å²) in [5.74, 6) is 0.129. The predicted molar refractivity (Wildman–Crippen MR) is 82.6 cm³/mol. The lowest BCUT2D eigenvalue weighted by Crippen LogP contribution is -2.13. The van der Waals surface area contributed by atoms with Crippen LogP contribution in [0.5, 0.6) is 5.75 Å².